The molecular weight excluding hydrogens is 240 g/mol. The fraction of sp³-hybridized carbons (Fsp3) is 0.455. The molecule has 2 atom stereocenters. The predicted octanol–water partition coefficient (Wildman–Crippen LogP) is 0.145. The Morgan fingerprint density at radius 2 is 2.00 bits per heavy atom. The Morgan fingerprint density at radius 1 is 1.39 bits per heavy atom. The average molecular weight is 254 g/mol. The predicted molar refractivity (Wildman–Crippen MR) is 63.9 cm³/mol. The summed E-state index contributed by atoms with van der Waals surface area (Å²) in [6.45, 7) is 0.588. The van der Waals surface area contributed by atoms with E-state index < -0.39 is 17.1 Å². The van der Waals surface area contributed by atoms with E-state index in [0.717, 1.165) is 0 Å². The van der Waals surface area contributed by atoms with Gasteiger partial charge in [-0.25, -0.2) is 0 Å². The molecule has 0 amide bonds. The summed E-state index contributed by atoms with van der Waals surface area (Å²) < 4.78 is 4.97. The Balaban J connectivity index is 2.28. The first kappa shape index (κ1) is 12.6. The number of rotatable bonds is 3. The van der Waals surface area contributed by atoms with E-state index in [0.29, 0.717) is 18.8 Å². The lowest BCUT2D eigenvalue weighted by Gasteiger charge is -2.18. The summed E-state index contributed by atoms with van der Waals surface area (Å²) >= 11 is 0. The lowest BCUT2D eigenvalue weighted by Crippen LogP contribution is -2.22. The van der Waals surface area contributed by atoms with Crippen molar-refractivity contribution in [3.8, 4) is 5.75 Å². The molecule has 7 nitrogen and oxygen atoms in total. The minimum atomic E-state index is -0.800. The summed E-state index contributed by atoms with van der Waals surface area (Å²) in [6.07, 6.45) is -1.60. The van der Waals surface area contributed by atoms with Crippen molar-refractivity contribution < 1.29 is 19.9 Å². The minimum Gasteiger partial charge on any atom is -0.490 e. The highest BCUT2D eigenvalue weighted by atomic mass is 16.6. The Hall–Kier alpha value is -1.86. The van der Waals surface area contributed by atoms with Gasteiger partial charge >= 0.3 is 5.69 Å². The maximum atomic E-state index is 10.7. The van der Waals surface area contributed by atoms with Gasteiger partial charge in [0.1, 0.15) is 0 Å². The second-order valence-corrected chi connectivity index (χ2v) is 4.15. The van der Waals surface area contributed by atoms with Crippen LogP contribution in [0.25, 0.3) is 0 Å². The van der Waals surface area contributed by atoms with Gasteiger partial charge in [-0.15, -0.1) is 0 Å². The number of nitro benzene ring substituents is 1. The third-order valence-electron chi connectivity index (χ3n) is 2.98. The van der Waals surface area contributed by atoms with Crippen molar-refractivity contribution in [2.24, 2.45) is 0 Å². The van der Waals surface area contributed by atoms with E-state index in [4.69, 9.17) is 4.74 Å². The van der Waals surface area contributed by atoms with Crippen LogP contribution in [-0.2, 0) is 0 Å². The molecule has 1 saturated heterocycles. The molecule has 2 unspecified atom stereocenters. The van der Waals surface area contributed by atoms with Crippen LogP contribution in [0.2, 0.25) is 0 Å². The van der Waals surface area contributed by atoms with Crippen LogP contribution in [0.4, 0.5) is 11.4 Å². The summed E-state index contributed by atoms with van der Waals surface area (Å²) in [4.78, 5) is 12.0. The van der Waals surface area contributed by atoms with Crippen LogP contribution in [0.5, 0.6) is 5.75 Å². The van der Waals surface area contributed by atoms with Crippen molar-refractivity contribution in [2.75, 3.05) is 25.1 Å². The zero-order valence-electron chi connectivity index (χ0n) is 9.81. The van der Waals surface area contributed by atoms with Crippen molar-refractivity contribution in [3.05, 3.63) is 28.3 Å². The van der Waals surface area contributed by atoms with Gasteiger partial charge in [-0.1, -0.05) is 0 Å². The molecule has 2 N–H and O–H groups in total. The molecule has 0 aliphatic carbocycles. The van der Waals surface area contributed by atoms with Gasteiger partial charge < -0.3 is 19.8 Å². The fourth-order valence-corrected chi connectivity index (χ4v) is 1.99. The average Bonchev–Trinajstić information content (AvgIpc) is 2.68. The highest BCUT2D eigenvalue weighted by Crippen LogP contribution is 2.32. The van der Waals surface area contributed by atoms with E-state index >= 15 is 0 Å². The molecule has 1 aromatic rings. The molecule has 0 spiro atoms. The van der Waals surface area contributed by atoms with Gasteiger partial charge in [-0.2, -0.15) is 0 Å². The molecule has 18 heavy (non-hydrogen) atoms. The van der Waals surface area contributed by atoms with Gasteiger partial charge in [0, 0.05) is 30.9 Å². The van der Waals surface area contributed by atoms with E-state index in [1.807, 2.05) is 0 Å². The van der Waals surface area contributed by atoms with Gasteiger partial charge in [0.05, 0.1) is 24.2 Å². The fourth-order valence-electron chi connectivity index (χ4n) is 1.99. The Kier molecular flexibility index (Phi) is 3.35. The molecule has 0 saturated carbocycles. The number of β-amino-alcohol motifs (C(OH)–C–C–N with tert-alkyl or cyclic N) is 2. The standard InChI is InChI=1S/C11H14N2O5/c1-18-11-4-7(2-3-8(11)13(16)17)12-5-9(14)10(15)6-12/h2-4,9-10,14-15H,5-6H2,1H3. The van der Waals surface area contributed by atoms with Gasteiger partial charge in [-0.3, -0.25) is 10.1 Å². The molecule has 0 aromatic heterocycles. The lowest BCUT2D eigenvalue weighted by molar-refractivity contribution is -0.385. The minimum absolute atomic E-state index is 0.110. The first-order valence-electron chi connectivity index (χ1n) is 5.46. The largest absolute Gasteiger partial charge is 0.490 e. The maximum absolute atomic E-state index is 10.7. The van der Waals surface area contributed by atoms with Crippen LogP contribution in [0, 0.1) is 10.1 Å². The molecule has 1 aliphatic rings. The summed E-state index contributed by atoms with van der Waals surface area (Å²) in [7, 11) is 1.36. The molecule has 2 rings (SSSR count). The molecule has 98 valence electrons. The van der Waals surface area contributed by atoms with Crippen molar-refractivity contribution in [3.63, 3.8) is 0 Å². The molecule has 1 aromatic carbocycles. The van der Waals surface area contributed by atoms with E-state index in [2.05, 4.69) is 0 Å². The lowest BCUT2D eigenvalue weighted by atomic mass is 10.2. The summed E-state index contributed by atoms with van der Waals surface area (Å²) in [5.41, 5.74) is 0.564. The molecule has 0 bridgehead atoms. The highest BCUT2D eigenvalue weighted by Gasteiger charge is 2.30. The van der Waals surface area contributed by atoms with Crippen molar-refractivity contribution >= 4 is 11.4 Å². The number of aliphatic hydroxyl groups is 2. The molecular formula is C11H14N2O5. The van der Waals surface area contributed by atoms with Crippen molar-refractivity contribution in [2.45, 2.75) is 12.2 Å². The van der Waals surface area contributed by atoms with Gasteiger partial charge in [0.2, 0.25) is 0 Å². The summed E-state index contributed by atoms with van der Waals surface area (Å²) in [5.74, 6) is 0.161. The molecule has 1 fully saturated rings. The van der Waals surface area contributed by atoms with Gasteiger partial charge in [0.15, 0.2) is 5.75 Å². The Morgan fingerprint density at radius 3 is 2.50 bits per heavy atom. The topological polar surface area (TPSA) is 96.1 Å². The number of nitro groups is 1. The van der Waals surface area contributed by atoms with Crippen molar-refractivity contribution in [1.29, 1.82) is 0 Å². The normalized spacial score (nSPS) is 23.2. The van der Waals surface area contributed by atoms with Crippen LogP contribution in [0.1, 0.15) is 0 Å². The molecule has 0 radical (unpaired) electrons. The summed E-state index contributed by atoms with van der Waals surface area (Å²) in [6, 6.07) is 4.46. The third-order valence-corrected chi connectivity index (χ3v) is 2.98. The SMILES string of the molecule is COc1cc(N2CC(O)C(O)C2)ccc1[N+](=O)[O-]. The molecule has 7 heteroatoms. The highest BCUT2D eigenvalue weighted by molar-refractivity contribution is 5.59. The number of hydrogen-bond acceptors (Lipinski definition) is 6. The van der Waals surface area contributed by atoms with Crippen LogP contribution >= 0.6 is 0 Å². The molecule has 1 aliphatic heterocycles. The van der Waals surface area contributed by atoms with Crippen LogP contribution in [0.3, 0.4) is 0 Å². The number of anilines is 1. The quantitative estimate of drug-likeness (QED) is 0.588. The van der Waals surface area contributed by atoms with Gasteiger partial charge in [0.25, 0.3) is 0 Å². The zero-order valence-corrected chi connectivity index (χ0v) is 9.81. The van der Waals surface area contributed by atoms with E-state index in [1.54, 1.807) is 11.0 Å². The first-order valence-corrected chi connectivity index (χ1v) is 5.46. The third kappa shape index (κ3) is 2.22. The maximum Gasteiger partial charge on any atom is 0.311 e. The summed E-state index contributed by atoms with van der Waals surface area (Å²) in [5, 5.41) is 29.7. The van der Waals surface area contributed by atoms with E-state index in [-0.39, 0.29) is 11.4 Å². The van der Waals surface area contributed by atoms with Crippen LogP contribution in [0.15, 0.2) is 18.2 Å². The second-order valence-electron chi connectivity index (χ2n) is 4.15. The van der Waals surface area contributed by atoms with Crippen LogP contribution in [-0.4, -0.2) is 47.5 Å². The number of ether oxygens (including phenoxy) is 1. The number of aliphatic hydroxyl groups excluding tert-OH is 2. The van der Waals surface area contributed by atoms with Crippen LogP contribution < -0.4 is 9.64 Å². The van der Waals surface area contributed by atoms with E-state index in [9.17, 15) is 20.3 Å². The number of hydrogen-bond donors (Lipinski definition) is 2. The number of methoxy groups -OCH3 is 1. The smallest absolute Gasteiger partial charge is 0.311 e. The Bertz CT molecular complexity index is 455. The Labute approximate surface area is 103 Å². The van der Waals surface area contributed by atoms with Crippen molar-refractivity contribution in [1.82, 2.24) is 0 Å². The van der Waals surface area contributed by atoms with E-state index in [1.165, 1.54) is 19.2 Å². The monoisotopic (exact) mass is 254 g/mol. The molecule has 1 heterocycles. The second kappa shape index (κ2) is 4.79. The van der Waals surface area contributed by atoms with Gasteiger partial charge in [-0.05, 0) is 6.07 Å². The number of benzene rings is 1. The zero-order chi connectivity index (χ0) is 13.3. The number of nitrogens with zero attached hydrogens (tertiary/aromatic N) is 2. The first-order chi connectivity index (χ1) is 8.52.